The number of non-ortho nitro benzene ring substituents is 1. The molecule has 1 aromatic carbocycles. The third-order valence-electron chi connectivity index (χ3n) is 6.30. The van der Waals surface area contributed by atoms with Gasteiger partial charge < -0.3 is 19.9 Å². The minimum Gasteiger partial charge on any atom is -0.468 e. The number of nitrogens with zero attached hydrogens (tertiary/aromatic N) is 2. The van der Waals surface area contributed by atoms with Crippen molar-refractivity contribution in [1.29, 1.82) is 0 Å². The van der Waals surface area contributed by atoms with E-state index in [0.717, 1.165) is 47.8 Å². The van der Waals surface area contributed by atoms with Crippen molar-refractivity contribution in [2.75, 3.05) is 6.54 Å². The zero-order chi connectivity index (χ0) is 27.2. The summed E-state index contributed by atoms with van der Waals surface area (Å²) in [6, 6.07) is 5.32. The van der Waals surface area contributed by atoms with E-state index in [1.807, 2.05) is 26.0 Å². The fourth-order valence-electron chi connectivity index (χ4n) is 4.60. The van der Waals surface area contributed by atoms with Gasteiger partial charge in [0.05, 0.1) is 28.2 Å². The van der Waals surface area contributed by atoms with Gasteiger partial charge in [0.15, 0.2) is 0 Å². The van der Waals surface area contributed by atoms with Crippen LogP contribution in [0.4, 0.5) is 10.5 Å². The van der Waals surface area contributed by atoms with Crippen molar-refractivity contribution in [1.82, 2.24) is 9.62 Å². The Hall–Kier alpha value is -3.22. The van der Waals surface area contributed by atoms with Crippen LogP contribution in [-0.4, -0.2) is 52.6 Å². The summed E-state index contributed by atoms with van der Waals surface area (Å²) in [4.78, 5) is 21.9. The van der Waals surface area contributed by atoms with Crippen molar-refractivity contribution in [2.45, 2.75) is 62.6 Å². The number of aliphatic hydroxyl groups excluding tert-OH is 1. The van der Waals surface area contributed by atoms with E-state index in [0.29, 0.717) is 0 Å². The van der Waals surface area contributed by atoms with E-state index in [1.54, 1.807) is 6.07 Å². The first-order chi connectivity index (χ1) is 17.5. The Balaban J connectivity index is 2.07. The lowest BCUT2D eigenvalue weighted by Crippen LogP contribution is -2.52. The van der Waals surface area contributed by atoms with E-state index >= 15 is 0 Å². The van der Waals surface area contributed by atoms with Crippen LogP contribution in [0.2, 0.25) is 0 Å². The SMILES string of the molecule is CC(C)CN([C@H](c1ccco1)[C@H](O)[C@H](CC1C=CCCC1)NC(=O)O)S(=O)(=O)c1ccc([N+](=O)[O-])cc1. The Morgan fingerprint density at radius 2 is 1.97 bits per heavy atom. The first-order valence-corrected chi connectivity index (χ1v) is 13.6. The molecule has 0 saturated carbocycles. The molecule has 0 aliphatic heterocycles. The van der Waals surface area contributed by atoms with Gasteiger partial charge in [-0.1, -0.05) is 26.0 Å². The normalized spacial score (nSPS) is 18.5. The van der Waals surface area contributed by atoms with Crippen LogP contribution in [0.25, 0.3) is 0 Å². The van der Waals surface area contributed by atoms with Gasteiger partial charge in [0.1, 0.15) is 11.8 Å². The molecule has 0 bridgehead atoms. The number of nitro benzene ring substituents is 1. The second-order valence-corrected chi connectivity index (χ2v) is 11.5. The van der Waals surface area contributed by atoms with Crippen LogP contribution in [0.3, 0.4) is 0 Å². The summed E-state index contributed by atoms with van der Waals surface area (Å²) < 4.78 is 34.4. The molecule has 1 aromatic heterocycles. The first-order valence-electron chi connectivity index (χ1n) is 12.1. The molecule has 1 aliphatic carbocycles. The molecule has 0 radical (unpaired) electrons. The van der Waals surface area contributed by atoms with Crippen LogP contribution in [0.1, 0.15) is 51.3 Å². The molecule has 1 unspecified atom stereocenters. The molecule has 3 N–H and O–H groups in total. The van der Waals surface area contributed by atoms with Gasteiger partial charge in [0.2, 0.25) is 10.0 Å². The molecule has 37 heavy (non-hydrogen) atoms. The summed E-state index contributed by atoms with van der Waals surface area (Å²) in [6.07, 6.45) is 5.50. The minimum atomic E-state index is -4.30. The summed E-state index contributed by atoms with van der Waals surface area (Å²) in [6.45, 7) is 3.60. The number of allylic oxidation sites excluding steroid dienone is 2. The van der Waals surface area contributed by atoms with Crippen LogP contribution >= 0.6 is 0 Å². The van der Waals surface area contributed by atoms with E-state index in [1.165, 1.54) is 12.3 Å². The molecular formula is C25H33N3O8S. The fraction of sp³-hybridized carbons (Fsp3) is 0.480. The Morgan fingerprint density at radius 1 is 1.27 bits per heavy atom. The maximum atomic E-state index is 13.9. The molecule has 1 aliphatic rings. The molecule has 0 saturated heterocycles. The number of nitro groups is 1. The number of benzene rings is 1. The lowest BCUT2D eigenvalue weighted by atomic mass is 9.86. The van der Waals surface area contributed by atoms with Crippen LogP contribution in [-0.2, 0) is 10.0 Å². The van der Waals surface area contributed by atoms with Gasteiger partial charge in [-0.3, -0.25) is 10.1 Å². The Labute approximate surface area is 216 Å². The number of carboxylic acid groups (broad SMARTS) is 1. The van der Waals surface area contributed by atoms with E-state index < -0.39 is 39.2 Å². The van der Waals surface area contributed by atoms with Gasteiger partial charge in [0, 0.05) is 18.7 Å². The molecule has 2 aromatic rings. The zero-order valence-corrected chi connectivity index (χ0v) is 21.6. The van der Waals surface area contributed by atoms with Gasteiger partial charge in [-0.15, -0.1) is 0 Å². The second kappa shape index (κ2) is 12.3. The largest absolute Gasteiger partial charge is 0.468 e. The molecule has 0 fully saturated rings. The predicted molar refractivity (Wildman–Crippen MR) is 135 cm³/mol. The highest BCUT2D eigenvalue weighted by atomic mass is 32.2. The average Bonchev–Trinajstić information content (AvgIpc) is 3.38. The molecular weight excluding hydrogens is 502 g/mol. The quantitative estimate of drug-likeness (QED) is 0.205. The topological polar surface area (TPSA) is 163 Å². The van der Waals surface area contributed by atoms with Gasteiger partial charge in [-0.2, -0.15) is 4.31 Å². The number of hydrogen-bond acceptors (Lipinski definition) is 7. The second-order valence-electron chi connectivity index (χ2n) is 9.58. The van der Waals surface area contributed by atoms with Crippen molar-refractivity contribution < 1.29 is 32.8 Å². The number of rotatable bonds is 12. The highest BCUT2D eigenvalue weighted by Gasteiger charge is 2.42. The summed E-state index contributed by atoms with van der Waals surface area (Å²) >= 11 is 0. The number of amides is 1. The van der Waals surface area contributed by atoms with Gasteiger partial charge in [-0.05, 0) is 61.8 Å². The molecule has 0 spiro atoms. The lowest BCUT2D eigenvalue weighted by Gasteiger charge is -2.37. The predicted octanol–water partition coefficient (Wildman–Crippen LogP) is 4.32. The van der Waals surface area contributed by atoms with E-state index in [-0.39, 0.29) is 41.1 Å². The monoisotopic (exact) mass is 535 g/mol. The molecule has 1 heterocycles. The summed E-state index contributed by atoms with van der Waals surface area (Å²) in [5, 5.41) is 34.6. The Bertz CT molecular complexity index is 1180. The molecule has 4 atom stereocenters. The smallest absolute Gasteiger partial charge is 0.404 e. The Morgan fingerprint density at radius 3 is 2.49 bits per heavy atom. The first kappa shape index (κ1) is 28.4. The Kier molecular flexibility index (Phi) is 9.46. The average molecular weight is 536 g/mol. The number of carbonyl (C=O) groups is 1. The number of hydrogen-bond donors (Lipinski definition) is 3. The molecule has 11 nitrogen and oxygen atoms in total. The van der Waals surface area contributed by atoms with E-state index in [9.17, 15) is 33.5 Å². The van der Waals surface area contributed by atoms with Crippen LogP contribution < -0.4 is 5.32 Å². The number of aliphatic hydroxyl groups is 1. The van der Waals surface area contributed by atoms with Crippen LogP contribution in [0.15, 0.2) is 64.1 Å². The third kappa shape index (κ3) is 7.18. The standard InChI is InChI=1S/C25H33N3O8S/c1-17(2)16-27(37(34,35)20-12-10-19(11-13-20)28(32)33)23(22-9-6-14-36-22)24(29)21(26-25(30)31)15-18-7-4-3-5-8-18/h4,6-7,9-14,17-18,21,23-24,26,29H,3,5,8,15-16H2,1-2H3,(H,30,31)/t18?,21-,23+,24+/m0/s1. The number of nitrogens with one attached hydrogen (secondary N) is 1. The lowest BCUT2D eigenvalue weighted by molar-refractivity contribution is -0.384. The van der Waals surface area contributed by atoms with Crippen molar-refractivity contribution >= 4 is 21.8 Å². The summed E-state index contributed by atoms with van der Waals surface area (Å²) in [5.41, 5.74) is -0.261. The maximum absolute atomic E-state index is 13.9. The molecule has 1 amide bonds. The molecule has 3 rings (SSSR count). The highest BCUT2D eigenvalue weighted by molar-refractivity contribution is 7.89. The van der Waals surface area contributed by atoms with Gasteiger partial charge in [0.25, 0.3) is 5.69 Å². The molecule has 202 valence electrons. The number of sulfonamides is 1. The number of furan rings is 1. The third-order valence-corrected chi connectivity index (χ3v) is 8.16. The minimum absolute atomic E-state index is 0.0160. The highest BCUT2D eigenvalue weighted by Crippen LogP contribution is 2.35. The summed E-state index contributed by atoms with van der Waals surface area (Å²) in [7, 11) is -4.30. The molecule has 12 heteroatoms. The van der Waals surface area contributed by atoms with Crippen LogP contribution in [0.5, 0.6) is 0 Å². The van der Waals surface area contributed by atoms with Crippen molar-refractivity contribution in [3.63, 3.8) is 0 Å². The van der Waals surface area contributed by atoms with E-state index in [4.69, 9.17) is 4.42 Å². The van der Waals surface area contributed by atoms with Gasteiger partial charge >= 0.3 is 6.09 Å². The van der Waals surface area contributed by atoms with Gasteiger partial charge in [-0.25, -0.2) is 13.2 Å². The fourth-order valence-corrected chi connectivity index (χ4v) is 6.38. The summed E-state index contributed by atoms with van der Waals surface area (Å²) in [5.74, 6) is -0.0120. The van der Waals surface area contributed by atoms with Crippen molar-refractivity contribution in [2.24, 2.45) is 11.8 Å². The van der Waals surface area contributed by atoms with E-state index in [2.05, 4.69) is 5.32 Å². The maximum Gasteiger partial charge on any atom is 0.404 e. The zero-order valence-electron chi connectivity index (χ0n) is 20.8. The van der Waals surface area contributed by atoms with Crippen LogP contribution in [0, 0.1) is 22.0 Å². The van der Waals surface area contributed by atoms with Crippen molar-refractivity contribution in [3.8, 4) is 0 Å². The van der Waals surface area contributed by atoms with Crippen molar-refractivity contribution in [3.05, 3.63) is 70.7 Å².